The normalized spacial score (nSPS) is 27.5. The summed E-state index contributed by atoms with van der Waals surface area (Å²) in [6, 6.07) is 20.5. The predicted octanol–water partition coefficient (Wildman–Crippen LogP) is 3.64. The molecule has 2 aliphatic rings. The Morgan fingerprint density at radius 3 is 2.53 bits per heavy atom. The Balaban J connectivity index is 0.00000110. The van der Waals surface area contributed by atoms with Crippen LogP contribution in [0.25, 0.3) is 0 Å². The van der Waals surface area contributed by atoms with E-state index in [0.29, 0.717) is 11.5 Å². The molecule has 2 atom stereocenters. The molecule has 2 aromatic carbocycles. The van der Waals surface area contributed by atoms with Gasteiger partial charge in [0.1, 0.15) is 0 Å². The van der Waals surface area contributed by atoms with Crippen molar-refractivity contribution < 1.29 is 0 Å². The molecule has 1 saturated heterocycles. The van der Waals surface area contributed by atoms with Gasteiger partial charge in [-0.3, -0.25) is 0 Å². The molecule has 0 radical (unpaired) electrons. The molecule has 0 spiro atoms. The highest BCUT2D eigenvalue weighted by molar-refractivity contribution is 5.85. The first-order valence-corrected chi connectivity index (χ1v) is 6.77. The summed E-state index contributed by atoms with van der Waals surface area (Å²) >= 11 is 0. The Hall–Kier alpha value is -1.31. The molecule has 1 N–H and O–H groups in total. The molecule has 0 saturated carbocycles. The monoisotopic (exact) mass is 271 g/mol. The Labute approximate surface area is 120 Å². The first-order chi connectivity index (χ1) is 8.90. The number of hydrogen-bond acceptors (Lipinski definition) is 1. The van der Waals surface area contributed by atoms with Crippen molar-refractivity contribution >= 4 is 12.4 Å². The van der Waals surface area contributed by atoms with Crippen LogP contribution >= 0.6 is 12.4 Å². The first kappa shape index (κ1) is 12.7. The van der Waals surface area contributed by atoms with Crippen molar-refractivity contribution in [1.29, 1.82) is 0 Å². The predicted molar refractivity (Wildman–Crippen MR) is 80.9 cm³/mol. The highest BCUT2D eigenvalue weighted by Gasteiger charge is 2.49. The molecular weight excluding hydrogens is 254 g/mol. The molecule has 4 rings (SSSR count). The van der Waals surface area contributed by atoms with Crippen molar-refractivity contribution in [2.45, 2.75) is 24.3 Å². The summed E-state index contributed by atoms with van der Waals surface area (Å²) in [6.07, 6.45) is 2.43. The van der Waals surface area contributed by atoms with Gasteiger partial charge in [-0.05, 0) is 36.1 Å². The van der Waals surface area contributed by atoms with Crippen molar-refractivity contribution in [1.82, 2.24) is 5.32 Å². The third-order valence-corrected chi connectivity index (χ3v) is 4.69. The number of fused-ring (bicyclic) bond motifs is 3. The third kappa shape index (κ3) is 1.73. The molecule has 1 aliphatic carbocycles. The van der Waals surface area contributed by atoms with E-state index < -0.39 is 0 Å². The van der Waals surface area contributed by atoms with Crippen molar-refractivity contribution in [2.75, 3.05) is 6.54 Å². The Bertz CT molecular complexity index is 581. The lowest BCUT2D eigenvalue weighted by Crippen LogP contribution is -2.29. The largest absolute Gasteiger partial charge is 0.309 e. The molecule has 1 nitrogen and oxygen atoms in total. The molecule has 98 valence electrons. The SMILES string of the molecule is Cl.c1ccc(C23CCNC2c2ccccc2C3)cc1. The Morgan fingerprint density at radius 2 is 1.68 bits per heavy atom. The summed E-state index contributed by atoms with van der Waals surface area (Å²) in [7, 11) is 0. The van der Waals surface area contributed by atoms with E-state index in [-0.39, 0.29) is 12.4 Å². The number of nitrogens with one attached hydrogen (secondary N) is 1. The highest BCUT2D eigenvalue weighted by Crippen LogP contribution is 2.52. The van der Waals surface area contributed by atoms with Crippen molar-refractivity contribution in [3.8, 4) is 0 Å². The van der Waals surface area contributed by atoms with Gasteiger partial charge in [-0.2, -0.15) is 0 Å². The number of hydrogen-bond donors (Lipinski definition) is 1. The van der Waals surface area contributed by atoms with E-state index >= 15 is 0 Å². The minimum Gasteiger partial charge on any atom is -0.309 e. The maximum absolute atomic E-state index is 3.71. The fourth-order valence-electron chi connectivity index (χ4n) is 3.88. The van der Waals surface area contributed by atoms with Crippen LogP contribution in [0, 0.1) is 0 Å². The fraction of sp³-hybridized carbons (Fsp3) is 0.294. The highest BCUT2D eigenvalue weighted by atomic mass is 35.5. The molecule has 19 heavy (non-hydrogen) atoms. The van der Waals surface area contributed by atoms with Crippen LogP contribution in [0.5, 0.6) is 0 Å². The van der Waals surface area contributed by atoms with Gasteiger partial charge in [0.15, 0.2) is 0 Å². The number of rotatable bonds is 1. The van der Waals surface area contributed by atoms with Gasteiger partial charge in [-0.25, -0.2) is 0 Å². The second kappa shape index (κ2) is 4.66. The average Bonchev–Trinajstić information content (AvgIpc) is 2.96. The minimum atomic E-state index is 0. The lowest BCUT2D eigenvalue weighted by atomic mass is 9.75. The molecule has 0 aromatic heterocycles. The molecule has 1 heterocycles. The second-order valence-electron chi connectivity index (χ2n) is 5.53. The van der Waals surface area contributed by atoms with Crippen LogP contribution in [0.15, 0.2) is 54.6 Å². The van der Waals surface area contributed by atoms with Gasteiger partial charge in [0.05, 0.1) is 0 Å². The summed E-state index contributed by atoms with van der Waals surface area (Å²) in [5.74, 6) is 0. The van der Waals surface area contributed by atoms with Gasteiger partial charge in [0.2, 0.25) is 0 Å². The molecule has 0 amide bonds. The zero-order valence-electron chi connectivity index (χ0n) is 10.8. The summed E-state index contributed by atoms with van der Waals surface area (Å²) in [4.78, 5) is 0. The minimum absolute atomic E-state index is 0. The fourth-order valence-corrected chi connectivity index (χ4v) is 3.88. The van der Waals surface area contributed by atoms with Crippen molar-refractivity contribution in [3.63, 3.8) is 0 Å². The Morgan fingerprint density at radius 1 is 0.947 bits per heavy atom. The van der Waals surface area contributed by atoms with Crippen LogP contribution in [-0.4, -0.2) is 6.54 Å². The van der Waals surface area contributed by atoms with Crippen LogP contribution in [0.4, 0.5) is 0 Å². The van der Waals surface area contributed by atoms with E-state index in [2.05, 4.69) is 59.9 Å². The third-order valence-electron chi connectivity index (χ3n) is 4.69. The summed E-state index contributed by atoms with van der Waals surface area (Å²) < 4.78 is 0. The maximum Gasteiger partial charge on any atom is 0.0424 e. The quantitative estimate of drug-likeness (QED) is 0.835. The second-order valence-corrected chi connectivity index (χ2v) is 5.53. The van der Waals surface area contributed by atoms with E-state index in [4.69, 9.17) is 0 Å². The van der Waals surface area contributed by atoms with E-state index in [9.17, 15) is 0 Å². The van der Waals surface area contributed by atoms with Gasteiger partial charge in [0, 0.05) is 11.5 Å². The maximum atomic E-state index is 3.71. The zero-order chi connectivity index (χ0) is 12.0. The standard InChI is InChI=1S/C17H17N.ClH/c1-2-7-14(8-3-1)17-10-11-18-16(17)15-9-5-4-6-13(15)12-17;/h1-9,16,18H,10-12H2;1H. The molecular formula is C17H18ClN. The van der Waals surface area contributed by atoms with Gasteiger partial charge < -0.3 is 5.32 Å². The van der Waals surface area contributed by atoms with E-state index in [0.717, 1.165) is 6.54 Å². The van der Waals surface area contributed by atoms with E-state index in [1.54, 1.807) is 0 Å². The van der Waals surface area contributed by atoms with E-state index in [1.165, 1.54) is 29.5 Å². The smallest absolute Gasteiger partial charge is 0.0424 e. The summed E-state index contributed by atoms with van der Waals surface area (Å²) in [5, 5.41) is 3.71. The molecule has 2 unspecified atom stereocenters. The van der Waals surface area contributed by atoms with Crippen LogP contribution in [-0.2, 0) is 11.8 Å². The van der Waals surface area contributed by atoms with Crippen LogP contribution in [0.3, 0.4) is 0 Å². The summed E-state index contributed by atoms with van der Waals surface area (Å²) in [5.41, 5.74) is 4.83. The van der Waals surface area contributed by atoms with E-state index in [1.807, 2.05) is 0 Å². The van der Waals surface area contributed by atoms with Crippen LogP contribution < -0.4 is 5.32 Å². The first-order valence-electron chi connectivity index (χ1n) is 6.77. The van der Waals surface area contributed by atoms with Crippen LogP contribution in [0.1, 0.15) is 29.2 Å². The lowest BCUT2D eigenvalue weighted by molar-refractivity contribution is 0.408. The van der Waals surface area contributed by atoms with Crippen molar-refractivity contribution in [3.05, 3.63) is 71.3 Å². The zero-order valence-corrected chi connectivity index (χ0v) is 11.6. The Kier molecular flexibility index (Phi) is 3.12. The number of halogens is 1. The van der Waals surface area contributed by atoms with Crippen molar-refractivity contribution in [2.24, 2.45) is 0 Å². The van der Waals surface area contributed by atoms with Crippen LogP contribution in [0.2, 0.25) is 0 Å². The average molecular weight is 272 g/mol. The summed E-state index contributed by atoms with van der Waals surface area (Å²) in [6.45, 7) is 1.13. The lowest BCUT2D eigenvalue weighted by Gasteiger charge is -2.29. The molecule has 0 bridgehead atoms. The van der Waals surface area contributed by atoms with Gasteiger partial charge in [-0.1, -0.05) is 54.6 Å². The topological polar surface area (TPSA) is 12.0 Å². The van der Waals surface area contributed by atoms with Gasteiger partial charge in [-0.15, -0.1) is 12.4 Å². The molecule has 1 fully saturated rings. The van der Waals surface area contributed by atoms with Gasteiger partial charge in [0.25, 0.3) is 0 Å². The molecule has 2 heteroatoms. The molecule has 2 aromatic rings. The van der Waals surface area contributed by atoms with Gasteiger partial charge >= 0.3 is 0 Å². The number of benzene rings is 2. The molecule has 1 aliphatic heterocycles.